The third-order valence-electron chi connectivity index (χ3n) is 2.72. The molecule has 0 spiro atoms. The zero-order valence-corrected chi connectivity index (χ0v) is 9.53. The molecule has 0 radical (unpaired) electrons. The van der Waals surface area contributed by atoms with E-state index in [1.165, 1.54) is 0 Å². The van der Waals surface area contributed by atoms with Gasteiger partial charge in [0.1, 0.15) is 5.76 Å². The molecular formula is C12H18N2O2. The summed E-state index contributed by atoms with van der Waals surface area (Å²) in [6, 6.07) is 4.41. The second-order valence-electron chi connectivity index (χ2n) is 4.28. The molecule has 1 saturated carbocycles. The van der Waals surface area contributed by atoms with E-state index in [4.69, 9.17) is 4.42 Å². The highest BCUT2D eigenvalue weighted by Crippen LogP contribution is 2.18. The lowest BCUT2D eigenvalue weighted by Gasteiger charge is -2.10. The summed E-state index contributed by atoms with van der Waals surface area (Å²) in [6.07, 6.45) is 4.47. The molecule has 0 aliphatic heterocycles. The van der Waals surface area contributed by atoms with Gasteiger partial charge in [0.2, 0.25) is 5.91 Å². The number of carbonyl (C=O) groups is 1. The molecular weight excluding hydrogens is 204 g/mol. The minimum Gasteiger partial charge on any atom is -0.468 e. The van der Waals surface area contributed by atoms with Gasteiger partial charge in [-0.05, 0) is 31.9 Å². The predicted molar refractivity (Wildman–Crippen MR) is 60.9 cm³/mol. The Morgan fingerprint density at radius 3 is 3.06 bits per heavy atom. The Morgan fingerprint density at radius 2 is 2.44 bits per heavy atom. The van der Waals surface area contributed by atoms with Crippen molar-refractivity contribution in [2.45, 2.75) is 38.3 Å². The molecule has 1 amide bonds. The van der Waals surface area contributed by atoms with Crippen LogP contribution < -0.4 is 10.6 Å². The molecule has 2 N–H and O–H groups in total. The molecule has 1 fully saturated rings. The van der Waals surface area contributed by atoms with E-state index in [1.54, 1.807) is 6.26 Å². The highest BCUT2D eigenvalue weighted by Gasteiger charge is 2.22. The zero-order chi connectivity index (χ0) is 11.4. The summed E-state index contributed by atoms with van der Waals surface area (Å²) in [6.45, 7) is 2.71. The summed E-state index contributed by atoms with van der Waals surface area (Å²) in [5.41, 5.74) is 0. The average Bonchev–Trinajstić information content (AvgIpc) is 2.90. The van der Waals surface area contributed by atoms with Crippen LogP contribution in [-0.2, 0) is 4.79 Å². The van der Waals surface area contributed by atoms with Crippen molar-refractivity contribution in [2.24, 2.45) is 0 Å². The first-order chi connectivity index (χ1) is 7.75. The number of amides is 1. The van der Waals surface area contributed by atoms with Gasteiger partial charge in [-0.1, -0.05) is 0 Å². The number of nitrogens with one attached hydrogen (secondary N) is 2. The van der Waals surface area contributed by atoms with Crippen LogP contribution in [0.15, 0.2) is 22.8 Å². The van der Waals surface area contributed by atoms with Crippen LogP contribution >= 0.6 is 0 Å². The zero-order valence-electron chi connectivity index (χ0n) is 9.53. The number of carbonyl (C=O) groups excluding carboxylic acids is 1. The van der Waals surface area contributed by atoms with Gasteiger partial charge in [0.05, 0.1) is 12.3 Å². The van der Waals surface area contributed by atoms with Gasteiger partial charge in [0.25, 0.3) is 0 Å². The molecule has 1 atom stereocenters. The third-order valence-corrected chi connectivity index (χ3v) is 2.72. The molecule has 0 unspecified atom stereocenters. The Hall–Kier alpha value is -1.29. The van der Waals surface area contributed by atoms with Gasteiger partial charge in [-0.3, -0.25) is 4.79 Å². The van der Waals surface area contributed by atoms with Crippen LogP contribution in [0.25, 0.3) is 0 Å². The van der Waals surface area contributed by atoms with Gasteiger partial charge in [0.15, 0.2) is 0 Å². The molecule has 1 aromatic rings. The van der Waals surface area contributed by atoms with Crippen LogP contribution in [-0.4, -0.2) is 18.5 Å². The van der Waals surface area contributed by atoms with Crippen LogP contribution in [0.2, 0.25) is 0 Å². The van der Waals surface area contributed by atoms with Crippen molar-refractivity contribution in [3.05, 3.63) is 24.2 Å². The van der Waals surface area contributed by atoms with Crippen LogP contribution in [0.3, 0.4) is 0 Å². The van der Waals surface area contributed by atoms with E-state index in [-0.39, 0.29) is 11.9 Å². The number of furan rings is 1. The molecule has 1 aromatic heterocycles. The molecule has 88 valence electrons. The first-order valence-corrected chi connectivity index (χ1v) is 5.82. The largest absolute Gasteiger partial charge is 0.468 e. The SMILES string of the molecule is C[C@@H](NCCC(=O)NC1CC1)c1ccco1. The third kappa shape index (κ3) is 3.38. The van der Waals surface area contributed by atoms with E-state index in [0.29, 0.717) is 19.0 Å². The van der Waals surface area contributed by atoms with E-state index in [0.717, 1.165) is 18.6 Å². The van der Waals surface area contributed by atoms with E-state index >= 15 is 0 Å². The fraction of sp³-hybridized carbons (Fsp3) is 0.583. The van der Waals surface area contributed by atoms with Crippen molar-refractivity contribution >= 4 is 5.91 Å². The molecule has 0 bridgehead atoms. The molecule has 2 rings (SSSR count). The minimum atomic E-state index is 0.140. The number of hydrogen-bond donors (Lipinski definition) is 2. The second kappa shape index (κ2) is 5.16. The first kappa shape index (κ1) is 11.2. The lowest BCUT2D eigenvalue weighted by atomic mass is 10.2. The molecule has 0 aromatic carbocycles. The highest BCUT2D eigenvalue weighted by atomic mass is 16.3. The summed E-state index contributed by atoms with van der Waals surface area (Å²) in [7, 11) is 0. The summed E-state index contributed by atoms with van der Waals surface area (Å²) in [5, 5.41) is 6.21. The Balaban J connectivity index is 1.61. The fourth-order valence-electron chi connectivity index (χ4n) is 1.57. The van der Waals surface area contributed by atoms with Crippen LogP contribution in [0.5, 0.6) is 0 Å². The molecule has 4 nitrogen and oxygen atoms in total. The van der Waals surface area contributed by atoms with Gasteiger partial charge < -0.3 is 15.1 Å². The van der Waals surface area contributed by atoms with Gasteiger partial charge in [-0.15, -0.1) is 0 Å². The quantitative estimate of drug-likeness (QED) is 0.768. The molecule has 1 aliphatic rings. The van der Waals surface area contributed by atoms with Crippen LogP contribution in [0.4, 0.5) is 0 Å². The molecule has 1 aliphatic carbocycles. The Labute approximate surface area is 95.4 Å². The molecule has 16 heavy (non-hydrogen) atoms. The van der Waals surface area contributed by atoms with Crippen LogP contribution in [0, 0.1) is 0 Å². The smallest absolute Gasteiger partial charge is 0.221 e. The summed E-state index contributed by atoms with van der Waals surface area (Å²) < 4.78 is 5.26. The maximum Gasteiger partial charge on any atom is 0.221 e. The van der Waals surface area contributed by atoms with E-state index in [1.807, 2.05) is 19.1 Å². The standard InChI is InChI=1S/C12H18N2O2/c1-9(11-3-2-8-16-11)13-7-6-12(15)14-10-4-5-10/h2-3,8-10,13H,4-7H2,1H3,(H,14,15)/t9-/m1/s1. The molecule has 0 saturated heterocycles. The molecule has 4 heteroatoms. The molecule has 1 heterocycles. The fourth-order valence-corrected chi connectivity index (χ4v) is 1.57. The maximum absolute atomic E-state index is 11.4. The Kier molecular flexibility index (Phi) is 3.62. The monoisotopic (exact) mass is 222 g/mol. The predicted octanol–water partition coefficient (Wildman–Crippen LogP) is 1.60. The minimum absolute atomic E-state index is 0.140. The van der Waals surface area contributed by atoms with Gasteiger partial charge in [0, 0.05) is 19.0 Å². The maximum atomic E-state index is 11.4. The van der Waals surface area contributed by atoms with E-state index < -0.39 is 0 Å². The van der Waals surface area contributed by atoms with Gasteiger partial charge in [-0.2, -0.15) is 0 Å². The van der Waals surface area contributed by atoms with Crippen molar-refractivity contribution in [3.63, 3.8) is 0 Å². The van der Waals surface area contributed by atoms with Crippen LogP contribution in [0.1, 0.15) is 38.0 Å². The van der Waals surface area contributed by atoms with E-state index in [9.17, 15) is 4.79 Å². The van der Waals surface area contributed by atoms with Crippen molar-refractivity contribution in [2.75, 3.05) is 6.54 Å². The summed E-state index contributed by atoms with van der Waals surface area (Å²) in [4.78, 5) is 11.4. The lowest BCUT2D eigenvalue weighted by molar-refractivity contribution is -0.121. The normalized spacial score (nSPS) is 17.1. The Bertz CT molecular complexity index is 331. The Morgan fingerprint density at radius 1 is 1.62 bits per heavy atom. The van der Waals surface area contributed by atoms with Crippen molar-refractivity contribution in [1.29, 1.82) is 0 Å². The number of hydrogen-bond acceptors (Lipinski definition) is 3. The van der Waals surface area contributed by atoms with E-state index in [2.05, 4.69) is 10.6 Å². The van der Waals surface area contributed by atoms with Gasteiger partial charge >= 0.3 is 0 Å². The summed E-state index contributed by atoms with van der Waals surface area (Å²) >= 11 is 0. The summed E-state index contributed by atoms with van der Waals surface area (Å²) in [5.74, 6) is 1.05. The second-order valence-corrected chi connectivity index (χ2v) is 4.28. The van der Waals surface area contributed by atoms with Crippen molar-refractivity contribution < 1.29 is 9.21 Å². The first-order valence-electron chi connectivity index (χ1n) is 5.82. The van der Waals surface area contributed by atoms with Crippen molar-refractivity contribution in [3.8, 4) is 0 Å². The highest BCUT2D eigenvalue weighted by molar-refractivity contribution is 5.76. The number of rotatable bonds is 6. The lowest BCUT2D eigenvalue weighted by Crippen LogP contribution is -2.29. The topological polar surface area (TPSA) is 54.3 Å². The van der Waals surface area contributed by atoms with Crippen molar-refractivity contribution in [1.82, 2.24) is 10.6 Å². The average molecular weight is 222 g/mol. The van der Waals surface area contributed by atoms with Gasteiger partial charge in [-0.25, -0.2) is 0 Å².